The minimum absolute atomic E-state index is 0.0406. The lowest BCUT2D eigenvalue weighted by atomic mass is 10.0. The number of benzene rings is 2. The van der Waals surface area contributed by atoms with Crippen LogP contribution in [-0.2, 0) is 13.0 Å². The molecule has 0 bridgehead atoms. The van der Waals surface area contributed by atoms with Gasteiger partial charge in [0.25, 0.3) is 5.56 Å². The molecular weight excluding hydrogens is 334 g/mol. The van der Waals surface area contributed by atoms with Crippen molar-refractivity contribution < 1.29 is 14.7 Å². The summed E-state index contributed by atoms with van der Waals surface area (Å²) in [5.41, 5.74) is 3.06. The molecular formula is C19H19N3O4. The quantitative estimate of drug-likeness (QED) is 0.671. The first-order valence-electron chi connectivity index (χ1n) is 8.26. The highest BCUT2D eigenvalue weighted by Crippen LogP contribution is 2.15. The number of H-pyrrole nitrogens is 1. The number of hydrogen-bond donors (Lipinski definition) is 3. The first-order valence-corrected chi connectivity index (χ1v) is 8.26. The number of aromatic nitrogens is 2. The van der Waals surface area contributed by atoms with E-state index in [0.717, 1.165) is 27.8 Å². The van der Waals surface area contributed by atoms with Crippen molar-refractivity contribution in [3.8, 4) is 0 Å². The van der Waals surface area contributed by atoms with Crippen molar-refractivity contribution in [2.75, 3.05) is 0 Å². The number of nitrogens with zero attached hydrogens (tertiary/aromatic N) is 1. The molecule has 1 amide bonds. The number of carboxylic acid groups (broad SMARTS) is 1. The van der Waals surface area contributed by atoms with Gasteiger partial charge in [-0.2, -0.15) is 4.68 Å². The number of hydrogen-bond acceptors (Lipinski definition) is 3. The van der Waals surface area contributed by atoms with Gasteiger partial charge in [-0.1, -0.05) is 25.1 Å². The van der Waals surface area contributed by atoms with Crippen molar-refractivity contribution in [1.82, 2.24) is 15.1 Å². The monoisotopic (exact) mass is 353 g/mol. The molecule has 134 valence electrons. The molecule has 3 aromatic rings. The minimum Gasteiger partial charge on any atom is -0.478 e. The maximum Gasteiger partial charge on any atom is 0.343 e. The molecule has 0 saturated heterocycles. The Morgan fingerprint density at radius 2 is 2.00 bits per heavy atom. The van der Waals surface area contributed by atoms with Crippen LogP contribution in [0.15, 0.2) is 41.2 Å². The predicted octanol–water partition coefficient (Wildman–Crippen LogP) is 2.66. The van der Waals surface area contributed by atoms with Gasteiger partial charge in [0.05, 0.1) is 16.5 Å². The standard InChI is InChI=1S/C19H19N3O4/c1-3-12-6-4-5-11(2)15(12)10-20-19(26)22-17(23)14-8-7-13(18(24)25)9-16(14)21-22/h4-9,21H,3,10H2,1-2H3,(H,20,26)(H,24,25). The minimum atomic E-state index is -1.10. The number of aryl methyl sites for hydroxylation is 2. The molecule has 3 rings (SSSR count). The van der Waals surface area contributed by atoms with Crippen LogP contribution in [0.25, 0.3) is 10.9 Å². The molecule has 1 heterocycles. The molecule has 0 saturated carbocycles. The third-order valence-electron chi connectivity index (χ3n) is 4.44. The summed E-state index contributed by atoms with van der Waals surface area (Å²) in [7, 11) is 0. The van der Waals surface area contributed by atoms with Crippen LogP contribution in [0, 0.1) is 6.92 Å². The SMILES string of the molecule is CCc1cccc(C)c1CNC(=O)n1[nH]c2cc(C(=O)O)ccc2c1=O. The van der Waals surface area contributed by atoms with E-state index in [1.807, 2.05) is 32.0 Å². The Morgan fingerprint density at radius 1 is 1.23 bits per heavy atom. The third-order valence-corrected chi connectivity index (χ3v) is 4.44. The molecule has 0 atom stereocenters. The van der Waals surface area contributed by atoms with E-state index in [1.54, 1.807) is 0 Å². The Kier molecular flexibility index (Phi) is 4.62. The molecule has 7 nitrogen and oxygen atoms in total. The Morgan fingerprint density at radius 3 is 2.69 bits per heavy atom. The zero-order chi connectivity index (χ0) is 18.8. The van der Waals surface area contributed by atoms with Gasteiger partial charge >= 0.3 is 12.0 Å². The van der Waals surface area contributed by atoms with Crippen molar-refractivity contribution in [1.29, 1.82) is 0 Å². The summed E-state index contributed by atoms with van der Waals surface area (Å²) in [6, 6.07) is 9.44. The summed E-state index contributed by atoms with van der Waals surface area (Å²) < 4.78 is 0.861. The van der Waals surface area contributed by atoms with Crippen LogP contribution in [0.3, 0.4) is 0 Å². The number of carboxylic acids is 1. The lowest BCUT2D eigenvalue weighted by Crippen LogP contribution is -2.35. The Balaban J connectivity index is 1.88. The molecule has 1 aromatic heterocycles. The zero-order valence-corrected chi connectivity index (χ0v) is 14.5. The maximum atomic E-state index is 12.4. The second kappa shape index (κ2) is 6.87. The van der Waals surface area contributed by atoms with Crippen LogP contribution in [0.1, 0.15) is 34.0 Å². The summed E-state index contributed by atoms with van der Waals surface area (Å²) in [5, 5.41) is 14.7. The largest absolute Gasteiger partial charge is 0.478 e. The van der Waals surface area contributed by atoms with Gasteiger partial charge in [0.1, 0.15) is 0 Å². The Hall–Kier alpha value is -3.35. The van der Waals surface area contributed by atoms with Gasteiger partial charge in [0, 0.05) is 6.54 Å². The molecule has 0 aliphatic carbocycles. The predicted molar refractivity (Wildman–Crippen MR) is 97.7 cm³/mol. The summed E-state index contributed by atoms with van der Waals surface area (Å²) >= 11 is 0. The van der Waals surface area contributed by atoms with Crippen molar-refractivity contribution in [2.45, 2.75) is 26.8 Å². The van der Waals surface area contributed by atoms with Crippen LogP contribution in [0.2, 0.25) is 0 Å². The molecule has 3 N–H and O–H groups in total. The van der Waals surface area contributed by atoms with Gasteiger partial charge in [-0.05, 0) is 48.2 Å². The number of carbonyl (C=O) groups is 2. The molecule has 0 fully saturated rings. The summed E-state index contributed by atoms with van der Waals surface area (Å²) in [6.45, 7) is 4.32. The lowest BCUT2D eigenvalue weighted by molar-refractivity contribution is 0.0697. The zero-order valence-electron chi connectivity index (χ0n) is 14.5. The van der Waals surface area contributed by atoms with E-state index in [4.69, 9.17) is 5.11 Å². The van der Waals surface area contributed by atoms with Crippen molar-refractivity contribution in [3.63, 3.8) is 0 Å². The van der Waals surface area contributed by atoms with Gasteiger partial charge in [-0.15, -0.1) is 0 Å². The number of nitrogens with one attached hydrogen (secondary N) is 2. The normalized spacial score (nSPS) is 10.8. The topological polar surface area (TPSA) is 104 Å². The fraction of sp³-hybridized carbons (Fsp3) is 0.211. The van der Waals surface area contributed by atoms with E-state index >= 15 is 0 Å². The maximum absolute atomic E-state index is 12.4. The van der Waals surface area contributed by atoms with Gasteiger partial charge < -0.3 is 10.4 Å². The van der Waals surface area contributed by atoms with Crippen molar-refractivity contribution in [3.05, 3.63) is 69.0 Å². The number of amides is 1. The highest BCUT2D eigenvalue weighted by atomic mass is 16.4. The molecule has 0 spiro atoms. The van der Waals surface area contributed by atoms with Crippen LogP contribution in [0.5, 0.6) is 0 Å². The van der Waals surface area contributed by atoms with E-state index < -0.39 is 17.6 Å². The summed E-state index contributed by atoms with van der Waals surface area (Å²) in [6.07, 6.45) is 0.844. The highest BCUT2D eigenvalue weighted by molar-refractivity contribution is 5.93. The Bertz CT molecular complexity index is 1060. The first-order chi connectivity index (χ1) is 12.4. The second-order valence-corrected chi connectivity index (χ2v) is 6.04. The average Bonchev–Trinajstić information content (AvgIpc) is 2.96. The van der Waals surface area contributed by atoms with E-state index in [-0.39, 0.29) is 10.9 Å². The number of aromatic carboxylic acids is 1. The molecule has 7 heteroatoms. The van der Waals surface area contributed by atoms with Crippen LogP contribution >= 0.6 is 0 Å². The van der Waals surface area contributed by atoms with E-state index in [0.29, 0.717) is 12.1 Å². The summed E-state index contributed by atoms with van der Waals surface area (Å²) in [5.74, 6) is -1.10. The van der Waals surface area contributed by atoms with Crippen molar-refractivity contribution in [2.24, 2.45) is 0 Å². The molecule has 2 aromatic carbocycles. The molecule has 0 radical (unpaired) electrons. The molecule has 0 unspecified atom stereocenters. The number of aromatic amines is 1. The van der Waals surface area contributed by atoms with Crippen molar-refractivity contribution >= 4 is 22.9 Å². The summed E-state index contributed by atoms with van der Waals surface area (Å²) in [4.78, 5) is 35.9. The fourth-order valence-electron chi connectivity index (χ4n) is 2.98. The highest BCUT2D eigenvalue weighted by Gasteiger charge is 2.15. The fourth-order valence-corrected chi connectivity index (χ4v) is 2.98. The van der Waals surface area contributed by atoms with E-state index in [9.17, 15) is 14.4 Å². The van der Waals surface area contributed by atoms with Gasteiger partial charge in [0.15, 0.2) is 0 Å². The van der Waals surface area contributed by atoms with E-state index in [1.165, 1.54) is 18.2 Å². The van der Waals surface area contributed by atoms with Crippen LogP contribution < -0.4 is 10.9 Å². The average molecular weight is 353 g/mol. The number of fused-ring (bicyclic) bond motifs is 1. The van der Waals surface area contributed by atoms with E-state index in [2.05, 4.69) is 10.4 Å². The third kappa shape index (κ3) is 3.11. The molecule has 0 aliphatic heterocycles. The number of rotatable bonds is 4. The van der Waals surface area contributed by atoms with Gasteiger partial charge in [-0.3, -0.25) is 9.89 Å². The molecule has 26 heavy (non-hydrogen) atoms. The van der Waals surface area contributed by atoms with Crippen LogP contribution in [0.4, 0.5) is 4.79 Å². The van der Waals surface area contributed by atoms with Gasteiger partial charge in [0.2, 0.25) is 0 Å². The molecule has 0 aliphatic rings. The van der Waals surface area contributed by atoms with Gasteiger partial charge in [-0.25, -0.2) is 9.59 Å². The first kappa shape index (κ1) is 17.5. The van der Waals surface area contributed by atoms with Crippen LogP contribution in [-0.4, -0.2) is 26.9 Å². The second-order valence-electron chi connectivity index (χ2n) is 6.04. The lowest BCUT2D eigenvalue weighted by Gasteiger charge is -2.12. The number of carbonyl (C=O) groups excluding carboxylic acids is 1. The smallest absolute Gasteiger partial charge is 0.343 e. The Labute approximate surface area is 149 Å².